The van der Waals surface area contributed by atoms with E-state index in [-0.39, 0.29) is 11.7 Å². The van der Waals surface area contributed by atoms with Gasteiger partial charge in [0.25, 0.3) is 0 Å². The van der Waals surface area contributed by atoms with E-state index in [9.17, 15) is 0 Å². The monoisotopic (exact) mass is 305 g/mol. The van der Waals surface area contributed by atoms with Gasteiger partial charge in [-0.2, -0.15) is 0 Å². The first-order valence-corrected chi connectivity index (χ1v) is 8.14. The van der Waals surface area contributed by atoms with E-state index in [4.69, 9.17) is 21.1 Å². The summed E-state index contributed by atoms with van der Waals surface area (Å²) in [4.78, 5) is 4.19. The highest BCUT2D eigenvalue weighted by atomic mass is 35.5. The summed E-state index contributed by atoms with van der Waals surface area (Å²) in [5.41, 5.74) is 0.919. The average Bonchev–Trinajstić information content (AvgIpc) is 2.93. The molecule has 1 aliphatic carbocycles. The normalized spacial score (nSPS) is 23.6. The highest BCUT2D eigenvalue weighted by molar-refractivity contribution is 6.19. The topological polar surface area (TPSA) is 31.4 Å². The lowest BCUT2D eigenvalue weighted by Gasteiger charge is -2.38. The van der Waals surface area contributed by atoms with Crippen LogP contribution in [0.2, 0.25) is 0 Å². The zero-order chi connectivity index (χ0) is 14.5. The van der Waals surface area contributed by atoms with Gasteiger partial charge in [-0.25, -0.2) is 0 Å². The van der Waals surface area contributed by atoms with Crippen LogP contribution in [0.4, 0.5) is 0 Å². The number of pyridine rings is 1. The van der Waals surface area contributed by atoms with Crippen LogP contribution in [0.15, 0.2) is 18.5 Å². The Bertz CT molecular complexity index is 543. The van der Waals surface area contributed by atoms with Crippen LogP contribution in [0, 0.1) is 11.8 Å². The van der Waals surface area contributed by atoms with Gasteiger partial charge in [0, 0.05) is 24.6 Å². The molecule has 0 aromatic carbocycles. The molecule has 2 heterocycles. The second kappa shape index (κ2) is 6.68. The van der Waals surface area contributed by atoms with E-state index in [1.54, 1.807) is 12.4 Å². The largest absolute Gasteiger partial charge is 0.489 e. The molecule has 0 amide bonds. The van der Waals surface area contributed by atoms with Crippen molar-refractivity contribution in [1.29, 1.82) is 0 Å². The van der Waals surface area contributed by atoms with Crippen LogP contribution in [0.3, 0.4) is 0 Å². The van der Waals surface area contributed by atoms with Crippen molar-refractivity contribution in [3.63, 3.8) is 0 Å². The number of aromatic nitrogens is 1. The zero-order valence-corrected chi connectivity index (χ0v) is 12.9. The predicted molar refractivity (Wildman–Crippen MR) is 82.6 cm³/mol. The molecule has 3 rings (SSSR count). The van der Waals surface area contributed by atoms with Gasteiger partial charge < -0.3 is 9.47 Å². The van der Waals surface area contributed by atoms with Crippen molar-refractivity contribution in [3.05, 3.63) is 24.0 Å². The Morgan fingerprint density at radius 3 is 3.05 bits per heavy atom. The first-order valence-electron chi connectivity index (χ1n) is 7.60. The fraction of sp³-hybridized carbons (Fsp3) is 0.588. The molecule has 1 atom stereocenters. The van der Waals surface area contributed by atoms with E-state index in [2.05, 4.69) is 16.8 Å². The van der Waals surface area contributed by atoms with Gasteiger partial charge in [0.15, 0.2) is 0 Å². The zero-order valence-electron chi connectivity index (χ0n) is 12.1. The molecule has 1 aromatic heterocycles. The van der Waals surface area contributed by atoms with Crippen LogP contribution in [-0.4, -0.2) is 29.2 Å². The minimum atomic E-state index is 0.0758. The van der Waals surface area contributed by atoms with Crippen LogP contribution in [-0.2, 0) is 4.74 Å². The molecule has 4 heteroatoms. The Balaban J connectivity index is 1.65. The molecular formula is C17H20ClNO2. The fourth-order valence-electron chi connectivity index (χ4n) is 3.33. The number of hydrogen-bond donors (Lipinski definition) is 0. The Kier molecular flexibility index (Phi) is 4.67. The van der Waals surface area contributed by atoms with Gasteiger partial charge in [-0.05, 0) is 18.9 Å². The van der Waals surface area contributed by atoms with Gasteiger partial charge in [-0.15, -0.1) is 11.6 Å². The van der Waals surface area contributed by atoms with Gasteiger partial charge in [0.05, 0.1) is 24.3 Å². The summed E-state index contributed by atoms with van der Waals surface area (Å²) in [5, 5.41) is 0. The van der Waals surface area contributed by atoms with Crippen LogP contribution < -0.4 is 4.74 Å². The number of alkyl halides is 1. The molecule has 1 aromatic rings. The van der Waals surface area contributed by atoms with E-state index >= 15 is 0 Å². The van der Waals surface area contributed by atoms with Crippen molar-refractivity contribution >= 4 is 11.6 Å². The first-order chi connectivity index (χ1) is 10.3. The van der Waals surface area contributed by atoms with Gasteiger partial charge in [0.2, 0.25) is 0 Å². The Hall–Kier alpha value is -1.24. The summed E-state index contributed by atoms with van der Waals surface area (Å²) in [5.74, 6) is 6.92. The minimum Gasteiger partial charge on any atom is -0.489 e. The van der Waals surface area contributed by atoms with E-state index in [1.165, 1.54) is 25.7 Å². The molecule has 3 nitrogen and oxygen atoms in total. The molecule has 0 bridgehead atoms. The smallest absolute Gasteiger partial charge is 0.139 e. The third-order valence-corrected chi connectivity index (χ3v) is 4.41. The molecule has 1 spiro atoms. The number of halogens is 1. The number of ether oxygens (including phenoxy) is 2. The summed E-state index contributed by atoms with van der Waals surface area (Å²) in [6.45, 7) is 0.795. The molecule has 21 heavy (non-hydrogen) atoms. The van der Waals surface area contributed by atoms with Crippen molar-refractivity contribution in [2.45, 2.75) is 50.2 Å². The quantitative estimate of drug-likeness (QED) is 0.618. The van der Waals surface area contributed by atoms with Crippen molar-refractivity contribution in [3.8, 4) is 17.6 Å². The fourth-order valence-corrected chi connectivity index (χ4v) is 3.40. The van der Waals surface area contributed by atoms with Gasteiger partial charge in [0.1, 0.15) is 11.9 Å². The third kappa shape index (κ3) is 3.70. The predicted octanol–water partition coefficient (Wildman–Crippen LogP) is 3.54. The van der Waals surface area contributed by atoms with Crippen molar-refractivity contribution < 1.29 is 9.47 Å². The molecule has 2 aliphatic rings. The summed E-state index contributed by atoms with van der Waals surface area (Å²) in [6, 6.07) is 1.93. The summed E-state index contributed by atoms with van der Waals surface area (Å²) in [6.07, 6.45) is 10.5. The molecule has 2 fully saturated rings. The second-order valence-electron chi connectivity index (χ2n) is 5.82. The highest BCUT2D eigenvalue weighted by Crippen LogP contribution is 2.40. The van der Waals surface area contributed by atoms with E-state index in [0.29, 0.717) is 5.88 Å². The standard InChI is InChI=1S/C17H20ClNO2/c18-8-3-4-14-10-16(13-19-12-14)21-15-5-9-20-17(11-15)6-1-2-7-17/h10,12-13,15H,1-2,5-9,11H2. The highest BCUT2D eigenvalue weighted by Gasteiger charge is 2.40. The van der Waals surface area contributed by atoms with Gasteiger partial charge >= 0.3 is 0 Å². The maximum atomic E-state index is 6.12. The molecule has 0 radical (unpaired) electrons. The van der Waals surface area contributed by atoms with Crippen LogP contribution in [0.5, 0.6) is 5.75 Å². The van der Waals surface area contributed by atoms with Crippen molar-refractivity contribution in [1.82, 2.24) is 4.98 Å². The molecule has 1 saturated heterocycles. The molecule has 1 aliphatic heterocycles. The lowest BCUT2D eigenvalue weighted by atomic mass is 9.90. The Labute approximate surface area is 131 Å². The average molecular weight is 306 g/mol. The van der Waals surface area contributed by atoms with E-state index in [1.807, 2.05) is 6.07 Å². The molecule has 0 N–H and O–H groups in total. The number of rotatable bonds is 2. The van der Waals surface area contributed by atoms with E-state index < -0.39 is 0 Å². The van der Waals surface area contributed by atoms with Crippen LogP contribution in [0.25, 0.3) is 0 Å². The van der Waals surface area contributed by atoms with Gasteiger partial charge in [-0.1, -0.05) is 24.7 Å². The molecule has 1 unspecified atom stereocenters. The maximum absolute atomic E-state index is 6.12. The van der Waals surface area contributed by atoms with Crippen LogP contribution in [0.1, 0.15) is 44.1 Å². The lowest BCUT2D eigenvalue weighted by molar-refractivity contribution is -0.108. The second-order valence-corrected chi connectivity index (χ2v) is 6.08. The number of nitrogens with zero attached hydrogens (tertiary/aromatic N) is 1. The molecule has 1 saturated carbocycles. The van der Waals surface area contributed by atoms with E-state index in [0.717, 1.165) is 30.8 Å². The lowest BCUT2D eigenvalue weighted by Crippen LogP contribution is -2.41. The minimum absolute atomic E-state index is 0.0758. The Morgan fingerprint density at radius 1 is 1.38 bits per heavy atom. The summed E-state index contributed by atoms with van der Waals surface area (Å²) < 4.78 is 12.2. The SMILES string of the molecule is ClCC#Cc1cncc(OC2CCOC3(CCCC3)C2)c1. The summed E-state index contributed by atoms with van der Waals surface area (Å²) >= 11 is 5.58. The summed E-state index contributed by atoms with van der Waals surface area (Å²) in [7, 11) is 0. The number of hydrogen-bond acceptors (Lipinski definition) is 3. The molecular weight excluding hydrogens is 286 g/mol. The maximum Gasteiger partial charge on any atom is 0.139 e. The Morgan fingerprint density at radius 2 is 2.24 bits per heavy atom. The molecule has 112 valence electrons. The van der Waals surface area contributed by atoms with Crippen molar-refractivity contribution in [2.75, 3.05) is 12.5 Å². The van der Waals surface area contributed by atoms with Crippen molar-refractivity contribution in [2.24, 2.45) is 0 Å². The van der Waals surface area contributed by atoms with Crippen LogP contribution >= 0.6 is 11.6 Å². The van der Waals surface area contributed by atoms with Gasteiger partial charge in [-0.3, -0.25) is 4.98 Å². The first kappa shape index (κ1) is 14.7. The third-order valence-electron chi connectivity index (χ3n) is 4.28.